The van der Waals surface area contributed by atoms with Crippen LogP contribution in [0.4, 0.5) is 5.82 Å². The number of rotatable bonds is 4. The number of nitrogens with zero attached hydrogens (tertiary/aromatic N) is 3. The number of para-hydroxylation sites is 2. The van der Waals surface area contributed by atoms with Crippen LogP contribution in [0.5, 0.6) is 11.5 Å². The van der Waals surface area contributed by atoms with Gasteiger partial charge in [0, 0.05) is 0 Å². The van der Waals surface area contributed by atoms with Crippen molar-refractivity contribution < 1.29 is 19.0 Å². The molecule has 29 heavy (non-hydrogen) atoms. The number of esters is 1. The molecular weight excluding hydrogens is 372 g/mol. The molecule has 2 N–H and O–H groups in total. The molecule has 0 radical (unpaired) electrons. The standard InChI is InChI=1S/C21H18N4O4/c1-2-27-21(26)17-18-20(24-14-6-4-3-5-13(14)23-18)25(19(17)22)10-12-7-8-15-16(9-12)29-11-28-15/h3-9H,2,10-11,22H2,1H3. The first-order valence-electron chi connectivity index (χ1n) is 9.26. The molecule has 0 atom stereocenters. The Labute approximate surface area is 165 Å². The maximum Gasteiger partial charge on any atom is 0.344 e. The molecule has 2 aromatic carbocycles. The van der Waals surface area contributed by atoms with Crippen molar-refractivity contribution in [1.82, 2.24) is 14.5 Å². The quantitative estimate of drug-likeness (QED) is 0.534. The van der Waals surface area contributed by atoms with Gasteiger partial charge in [-0.2, -0.15) is 0 Å². The lowest BCUT2D eigenvalue weighted by atomic mass is 10.2. The number of nitrogen functional groups attached to an aromatic ring is 1. The number of carbonyl (C=O) groups is 1. The molecule has 0 spiro atoms. The fourth-order valence-corrected chi connectivity index (χ4v) is 3.50. The zero-order valence-corrected chi connectivity index (χ0v) is 15.7. The molecule has 8 nitrogen and oxygen atoms in total. The van der Waals surface area contributed by atoms with Gasteiger partial charge in [0.2, 0.25) is 6.79 Å². The molecule has 0 unspecified atom stereocenters. The van der Waals surface area contributed by atoms with E-state index in [0.717, 1.165) is 11.1 Å². The third kappa shape index (κ3) is 2.80. The smallest absolute Gasteiger partial charge is 0.344 e. The van der Waals surface area contributed by atoms with E-state index in [-0.39, 0.29) is 24.8 Å². The van der Waals surface area contributed by atoms with Crippen LogP contribution in [0.3, 0.4) is 0 Å². The van der Waals surface area contributed by atoms with Crippen molar-refractivity contribution >= 4 is 34.0 Å². The molecule has 8 heteroatoms. The van der Waals surface area contributed by atoms with Crippen molar-refractivity contribution in [1.29, 1.82) is 0 Å². The molecule has 1 aliphatic heterocycles. The molecule has 0 fully saturated rings. The number of carbonyl (C=O) groups excluding carboxylic acids is 1. The first-order chi connectivity index (χ1) is 14.2. The molecule has 146 valence electrons. The summed E-state index contributed by atoms with van der Waals surface area (Å²) in [5, 5.41) is 0. The Balaban J connectivity index is 1.70. The summed E-state index contributed by atoms with van der Waals surface area (Å²) in [4.78, 5) is 22.0. The van der Waals surface area contributed by atoms with Crippen molar-refractivity contribution in [2.45, 2.75) is 13.5 Å². The normalized spacial score (nSPS) is 12.6. The van der Waals surface area contributed by atoms with Gasteiger partial charge in [0.25, 0.3) is 0 Å². The molecule has 1 aliphatic rings. The van der Waals surface area contributed by atoms with Gasteiger partial charge in [0.15, 0.2) is 17.1 Å². The molecule has 3 heterocycles. The Morgan fingerprint density at radius 2 is 1.90 bits per heavy atom. The average molecular weight is 390 g/mol. The Morgan fingerprint density at radius 1 is 1.14 bits per heavy atom. The first-order valence-corrected chi connectivity index (χ1v) is 9.26. The maximum atomic E-state index is 12.6. The lowest BCUT2D eigenvalue weighted by Gasteiger charge is -2.09. The van der Waals surface area contributed by atoms with E-state index in [9.17, 15) is 4.79 Å². The van der Waals surface area contributed by atoms with Crippen LogP contribution in [0, 0.1) is 0 Å². The lowest BCUT2D eigenvalue weighted by molar-refractivity contribution is 0.0529. The van der Waals surface area contributed by atoms with Crippen LogP contribution < -0.4 is 15.2 Å². The topological polar surface area (TPSA) is 101 Å². The van der Waals surface area contributed by atoms with E-state index < -0.39 is 5.97 Å². The monoisotopic (exact) mass is 390 g/mol. The second kappa shape index (κ2) is 6.66. The van der Waals surface area contributed by atoms with Crippen LogP contribution >= 0.6 is 0 Å². The summed E-state index contributed by atoms with van der Waals surface area (Å²) in [6, 6.07) is 13.2. The van der Waals surface area contributed by atoms with Crippen LogP contribution in [0.2, 0.25) is 0 Å². The largest absolute Gasteiger partial charge is 0.462 e. The SMILES string of the molecule is CCOC(=O)c1c(N)n(Cc2ccc3c(c2)OCO3)c2nc3ccccc3nc12. The summed E-state index contributed by atoms with van der Waals surface area (Å²) in [5.41, 5.74) is 9.94. The van der Waals surface area contributed by atoms with Crippen molar-refractivity contribution in [3.63, 3.8) is 0 Å². The summed E-state index contributed by atoms with van der Waals surface area (Å²) >= 11 is 0. The number of fused-ring (bicyclic) bond motifs is 3. The van der Waals surface area contributed by atoms with Gasteiger partial charge < -0.3 is 24.5 Å². The third-order valence-electron chi connectivity index (χ3n) is 4.85. The highest BCUT2D eigenvalue weighted by Crippen LogP contribution is 2.34. The van der Waals surface area contributed by atoms with Crippen molar-refractivity contribution in [2.75, 3.05) is 19.1 Å². The highest BCUT2D eigenvalue weighted by molar-refractivity contribution is 6.08. The van der Waals surface area contributed by atoms with Gasteiger partial charge in [-0.15, -0.1) is 0 Å². The van der Waals surface area contributed by atoms with E-state index in [0.29, 0.717) is 34.7 Å². The molecule has 0 saturated heterocycles. The minimum atomic E-state index is -0.510. The van der Waals surface area contributed by atoms with Gasteiger partial charge in [-0.25, -0.2) is 14.8 Å². The number of nitrogens with two attached hydrogens (primary N) is 1. The Kier molecular flexibility index (Phi) is 3.97. The van der Waals surface area contributed by atoms with E-state index in [1.165, 1.54) is 0 Å². The van der Waals surface area contributed by atoms with Gasteiger partial charge in [0.05, 0.1) is 24.2 Å². The van der Waals surface area contributed by atoms with Crippen LogP contribution in [0.15, 0.2) is 42.5 Å². The maximum absolute atomic E-state index is 12.6. The molecule has 4 aromatic rings. The summed E-state index contributed by atoms with van der Waals surface area (Å²) in [7, 11) is 0. The van der Waals surface area contributed by atoms with Gasteiger partial charge in [-0.3, -0.25) is 0 Å². The van der Waals surface area contributed by atoms with Crippen LogP contribution in [0.1, 0.15) is 22.8 Å². The van der Waals surface area contributed by atoms with Gasteiger partial charge in [-0.1, -0.05) is 18.2 Å². The molecule has 0 amide bonds. The van der Waals surface area contributed by atoms with Crippen molar-refractivity contribution in [3.05, 3.63) is 53.6 Å². The predicted octanol–water partition coefficient (Wildman–Crippen LogP) is 3.12. The van der Waals surface area contributed by atoms with Crippen molar-refractivity contribution in [2.24, 2.45) is 0 Å². The number of aromatic nitrogens is 3. The predicted molar refractivity (Wildman–Crippen MR) is 107 cm³/mol. The summed E-state index contributed by atoms with van der Waals surface area (Å²) < 4.78 is 17.8. The van der Waals surface area contributed by atoms with Gasteiger partial charge >= 0.3 is 5.97 Å². The number of anilines is 1. The highest BCUT2D eigenvalue weighted by atomic mass is 16.7. The minimum absolute atomic E-state index is 0.206. The zero-order chi connectivity index (χ0) is 20.0. The molecule has 2 aromatic heterocycles. The number of benzene rings is 2. The lowest BCUT2D eigenvalue weighted by Crippen LogP contribution is -2.10. The Bertz CT molecular complexity index is 1260. The molecular formula is C21H18N4O4. The highest BCUT2D eigenvalue weighted by Gasteiger charge is 2.25. The van der Waals surface area contributed by atoms with Gasteiger partial charge in [0.1, 0.15) is 16.9 Å². The molecule has 0 saturated carbocycles. The van der Waals surface area contributed by atoms with E-state index >= 15 is 0 Å². The third-order valence-corrected chi connectivity index (χ3v) is 4.85. The Morgan fingerprint density at radius 3 is 2.69 bits per heavy atom. The summed E-state index contributed by atoms with van der Waals surface area (Å²) in [6.07, 6.45) is 0. The fraction of sp³-hybridized carbons (Fsp3) is 0.190. The zero-order valence-electron chi connectivity index (χ0n) is 15.7. The molecule has 0 bridgehead atoms. The van der Waals surface area contributed by atoms with Crippen LogP contribution in [0.25, 0.3) is 22.2 Å². The second-order valence-corrected chi connectivity index (χ2v) is 6.64. The number of hydrogen-bond acceptors (Lipinski definition) is 7. The van der Waals surface area contributed by atoms with E-state index in [1.807, 2.05) is 42.5 Å². The van der Waals surface area contributed by atoms with Crippen LogP contribution in [-0.2, 0) is 11.3 Å². The van der Waals surface area contributed by atoms with E-state index in [4.69, 9.17) is 24.9 Å². The molecule has 0 aliphatic carbocycles. The Hall–Kier alpha value is -3.81. The van der Waals surface area contributed by atoms with Crippen LogP contribution in [-0.4, -0.2) is 33.9 Å². The van der Waals surface area contributed by atoms with E-state index in [2.05, 4.69) is 4.98 Å². The molecule has 5 rings (SSSR count). The average Bonchev–Trinajstić information content (AvgIpc) is 3.29. The summed E-state index contributed by atoms with van der Waals surface area (Å²) in [5.74, 6) is 1.15. The number of ether oxygens (including phenoxy) is 3. The fourth-order valence-electron chi connectivity index (χ4n) is 3.50. The summed E-state index contributed by atoms with van der Waals surface area (Å²) in [6.45, 7) is 2.60. The van der Waals surface area contributed by atoms with Crippen molar-refractivity contribution in [3.8, 4) is 11.5 Å². The second-order valence-electron chi connectivity index (χ2n) is 6.64. The first kappa shape index (κ1) is 17.3. The minimum Gasteiger partial charge on any atom is -0.462 e. The van der Waals surface area contributed by atoms with Gasteiger partial charge in [-0.05, 0) is 36.8 Å². The number of hydrogen-bond donors (Lipinski definition) is 1. The van der Waals surface area contributed by atoms with E-state index in [1.54, 1.807) is 11.5 Å².